The molecule has 2 aliphatic rings. The molecule has 2 fully saturated rings. The van der Waals surface area contributed by atoms with E-state index in [-0.39, 0.29) is 0 Å². The highest BCUT2D eigenvalue weighted by Crippen LogP contribution is 2.35. The minimum Gasteiger partial charge on any atom is -0.497 e. The molecule has 0 unspecified atom stereocenters. The molecule has 0 bridgehead atoms. The van der Waals surface area contributed by atoms with Gasteiger partial charge in [0.05, 0.1) is 7.11 Å². The van der Waals surface area contributed by atoms with E-state index in [9.17, 15) is 0 Å². The fraction of sp³-hybridized carbons (Fsp3) is 0.625. The molecule has 0 radical (unpaired) electrons. The SMILES string of the molecule is COc1ccc(Br)c(CN(CC2CC2)CC2CC2)c1. The molecule has 1 aromatic carbocycles. The Morgan fingerprint density at radius 2 is 1.79 bits per heavy atom. The van der Waals surface area contributed by atoms with Crippen molar-refractivity contribution in [2.45, 2.75) is 32.2 Å². The lowest BCUT2D eigenvalue weighted by Crippen LogP contribution is -2.28. The zero-order chi connectivity index (χ0) is 13.2. The average Bonchev–Trinajstić information content (AvgIpc) is 3.28. The first-order valence-electron chi connectivity index (χ1n) is 7.29. The van der Waals surface area contributed by atoms with Crippen molar-refractivity contribution in [3.8, 4) is 5.75 Å². The monoisotopic (exact) mass is 323 g/mol. The lowest BCUT2D eigenvalue weighted by molar-refractivity contribution is 0.243. The van der Waals surface area contributed by atoms with Crippen molar-refractivity contribution in [3.63, 3.8) is 0 Å². The Balaban J connectivity index is 1.67. The number of benzene rings is 1. The molecule has 3 heteroatoms. The molecule has 0 spiro atoms. The smallest absolute Gasteiger partial charge is 0.119 e. The van der Waals surface area contributed by atoms with E-state index in [0.29, 0.717) is 0 Å². The van der Waals surface area contributed by atoms with Crippen molar-refractivity contribution >= 4 is 15.9 Å². The summed E-state index contributed by atoms with van der Waals surface area (Å²) in [6.45, 7) is 3.60. The van der Waals surface area contributed by atoms with Gasteiger partial charge in [0.2, 0.25) is 0 Å². The van der Waals surface area contributed by atoms with E-state index >= 15 is 0 Å². The van der Waals surface area contributed by atoms with Gasteiger partial charge in [-0.1, -0.05) is 15.9 Å². The van der Waals surface area contributed by atoms with Crippen LogP contribution in [0.2, 0.25) is 0 Å². The molecule has 2 nitrogen and oxygen atoms in total. The second kappa shape index (κ2) is 5.84. The maximum Gasteiger partial charge on any atom is 0.119 e. The third kappa shape index (κ3) is 3.96. The number of hydrogen-bond acceptors (Lipinski definition) is 2. The van der Waals surface area contributed by atoms with Crippen LogP contribution in [0, 0.1) is 11.8 Å². The van der Waals surface area contributed by atoms with Crippen LogP contribution in [0.15, 0.2) is 22.7 Å². The molecule has 0 N–H and O–H groups in total. The predicted octanol–water partition coefficient (Wildman–Crippen LogP) is 4.08. The van der Waals surface area contributed by atoms with Gasteiger partial charge in [-0.25, -0.2) is 0 Å². The minimum atomic E-state index is 0.955. The van der Waals surface area contributed by atoms with Crippen molar-refractivity contribution in [3.05, 3.63) is 28.2 Å². The van der Waals surface area contributed by atoms with Gasteiger partial charge >= 0.3 is 0 Å². The van der Waals surface area contributed by atoms with Crippen LogP contribution in [0.5, 0.6) is 5.75 Å². The van der Waals surface area contributed by atoms with Crippen LogP contribution in [-0.2, 0) is 6.54 Å². The third-order valence-electron chi connectivity index (χ3n) is 4.07. The van der Waals surface area contributed by atoms with Gasteiger partial charge < -0.3 is 4.74 Å². The topological polar surface area (TPSA) is 12.5 Å². The Labute approximate surface area is 124 Å². The number of ether oxygens (including phenoxy) is 1. The van der Waals surface area contributed by atoms with E-state index in [2.05, 4.69) is 33.0 Å². The van der Waals surface area contributed by atoms with Gasteiger partial charge in [-0.05, 0) is 61.3 Å². The second-order valence-electron chi connectivity index (χ2n) is 6.04. The molecule has 0 amide bonds. The standard InChI is InChI=1S/C16H22BrNO/c1-19-15-6-7-16(17)14(8-15)11-18(9-12-2-3-12)10-13-4-5-13/h6-8,12-13H,2-5,9-11H2,1H3. The van der Waals surface area contributed by atoms with Crippen LogP contribution in [0.4, 0.5) is 0 Å². The van der Waals surface area contributed by atoms with Gasteiger partial charge in [0.25, 0.3) is 0 Å². The van der Waals surface area contributed by atoms with Gasteiger partial charge in [-0.3, -0.25) is 4.90 Å². The van der Waals surface area contributed by atoms with Gasteiger partial charge in [0.1, 0.15) is 5.75 Å². The maximum absolute atomic E-state index is 5.34. The Bertz CT molecular complexity index is 426. The molecule has 104 valence electrons. The van der Waals surface area contributed by atoms with E-state index in [1.807, 2.05) is 6.07 Å². The van der Waals surface area contributed by atoms with Crippen molar-refractivity contribution in [2.75, 3.05) is 20.2 Å². The molecule has 0 aromatic heterocycles. The summed E-state index contributed by atoms with van der Waals surface area (Å²) < 4.78 is 6.54. The number of methoxy groups -OCH3 is 1. The zero-order valence-corrected chi connectivity index (χ0v) is 13.2. The first-order valence-corrected chi connectivity index (χ1v) is 8.08. The van der Waals surface area contributed by atoms with Gasteiger partial charge in [-0.2, -0.15) is 0 Å². The van der Waals surface area contributed by atoms with Crippen molar-refractivity contribution in [2.24, 2.45) is 11.8 Å². The predicted molar refractivity (Wildman–Crippen MR) is 81.4 cm³/mol. The van der Waals surface area contributed by atoms with Crippen molar-refractivity contribution in [1.82, 2.24) is 4.90 Å². The summed E-state index contributed by atoms with van der Waals surface area (Å²) >= 11 is 3.67. The molecule has 1 aromatic rings. The zero-order valence-electron chi connectivity index (χ0n) is 11.6. The second-order valence-corrected chi connectivity index (χ2v) is 6.89. The molecule has 0 aliphatic heterocycles. The normalized spacial score (nSPS) is 18.9. The van der Waals surface area contributed by atoms with Crippen molar-refractivity contribution < 1.29 is 4.74 Å². The molecule has 2 saturated carbocycles. The third-order valence-corrected chi connectivity index (χ3v) is 4.85. The van der Waals surface area contributed by atoms with Crippen LogP contribution in [0.1, 0.15) is 31.2 Å². The lowest BCUT2D eigenvalue weighted by atomic mass is 10.2. The van der Waals surface area contributed by atoms with E-state index in [0.717, 1.165) is 24.1 Å². The molecule has 19 heavy (non-hydrogen) atoms. The molecular formula is C16H22BrNO. The Morgan fingerprint density at radius 1 is 1.16 bits per heavy atom. The lowest BCUT2D eigenvalue weighted by Gasteiger charge is -2.23. The molecular weight excluding hydrogens is 302 g/mol. The fourth-order valence-electron chi connectivity index (χ4n) is 2.57. The van der Waals surface area contributed by atoms with E-state index in [1.54, 1.807) is 7.11 Å². The quantitative estimate of drug-likeness (QED) is 0.749. The van der Waals surface area contributed by atoms with E-state index < -0.39 is 0 Å². The van der Waals surface area contributed by atoms with Crippen LogP contribution in [0.3, 0.4) is 0 Å². The first kappa shape index (κ1) is 13.4. The van der Waals surface area contributed by atoms with Crippen LogP contribution < -0.4 is 4.74 Å². The molecule has 3 rings (SSSR count). The van der Waals surface area contributed by atoms with Crippen LogP contribution in [0.25, 0.3) is 0 Å². The van der Waals surface area contributed by atoms with Gasteiger partial charge in [0, 0.05) is 24.1 Å². The van der Waals surface area contributed by atoms with E-state index in [4.69, 9.17) is 4.74 Å². The van der Waals surface area contributed by atoms with Crippen molar-refractivity contribution in [1.29, 1.82) is 0 Å². The molecule has 0 saturated heterocycles. The number of nitrogens with zero attached hydrogens (tertiary/aromatic N) is 1. The highest BCUT2D eigenvalue weighted by molar-refractivity contribution is 9.10. The van der Waals surface area contributed by atoms with Gasteiger partial charge in [0.15, 0.2) is 0 Å². The Kier molecular flexibility index (Phi) is 4.13. The first-order chi connectivity index (χ1) is 9.24. The molecule has 0 heterocycles. The summed E-state index contributed by atoms with van der Waals surface area (Å²) in [4.78, 5) is 2.65. The van der Waals surface area contributed by atoms with Gasteiger partial charge in [-0.15, -0.1) is 0 Å². The number of rotatable bonds is 7. The summed E-state index contributed by atoms with van der Waals surface area (Å²) in [7, 11) is 1.74. The number of hydrogen-bond donors (Lipinski definition) is 0. The Morgan fingerprint density at radius 3 is 2.32 bits per heavy atom. The maximum atomic E-state index is 5.34. The largest absolute Gasteiger partial charge is 0.497 e. The summed E-state index contributed by atoms with van der Waals surface area (Å²) in [5.41, 5.74) is 1.35. The molecule has 0 atom stereocenters. The average molecular weight is 324 g/mol. The summed E-state index contributed by atoms with van der Waals surface area (Å²) in [6.07, 6.45) is 5.72. The highest BCUT2D eigenvalue weighted by Gasteiger charge is 2.29. The highest BCUT2D eigenvalue weighted by atomic mass is 79.9. The fourth-order valence-corrected chi connectivity index (χ4v) is 2.95. The minimum absolute atomic E-state index is 0.955. The van der Waals surface area contributed by atoms with E-state index in [1.165, 1.54) is 48.8 Å². The Hall–Kier alpha value is -0.540. The summed E-state index contributed by atoms with van der Waals surface area (Å²) in [6, 6.07) is 6.27. The number of halogens is 1. The van der Waals surface area contributed by atoms with Crippen LogP contribution >= 0.6 is 15.9 Å². The summed E-state index contributed by atoms with van der Waals surface area (Å²) in [5, 5.41) is 0. The summed E-state index contributed by atoms with van der Waals surface area (Å²) in [5.74, 6) is 2.88. The van der Waals surface area contributed by atoms with Crippen LogP contribution in [-0.4, -0.2) is 25.1 Å². The molecule has 2 aliphatic carbocycles.